The Kier molecular flexibility index (Phi) is 8.52. The van der Waals surface area contributed by atoms with Crippen molar-refractivity contribution in [1.82, 2.24) is 16.2 Å². The van der Waals surface area contributed by atoms with Crippen LogP contribution in [0.1, 0.15) is 24.2 Å². The van der Waals surface area contributed by atoms with Crippen LogP contribution in [0.4, 0.5) is 0 Å². The summed E-state index contributed by atoms with van der Waals surface area (Å²) in [5.41, 5.74) is 5.07. The van der Waals surface area contributed by atoms with Gasteiger partial charge in [0.1, 0.15) is 12.4 Å². The summed E-state index contributed by atoms with van der Waals surface area (Å²) in [5.74, 6) is -0.413. The van der Waals surface area contributed by atoms with Crippen LogP contribution in [-0.2, 0) is 9.53 Å². The molecule has 0 spiro atoms. The zero-order valence-electron chi connectivity index (χ0n) is 12.8. The van der Waals surface area contributed by atoms with Crippen molar-refractivity contribution in [1.29, 1.82) is 0 Å². The van der Waals surface area contributed by atoms with Crippen molar-refractivity contribution in [3.05, 3.63) is 28.2 Å². The number of halogens is 1. The number of benzene rings is 1. The third kappa shape index (κ3) is 6.93. The number of hydrogen-bond acceptors (Lipinski definition) is 5. The Hall–Kier alpha value is -1.71. The largest absolute Gasteiger partial charge is 0.493 e. The smallest absolute Gasteiger partial charge is 0.264 e. The first-order chi connectivity index (χ1) is 11.0. The molecule has 0 aliphatic heterocycles. The van der Waals surface area contributed by atoms with Crippen LogP contribution in [0.5, 0.6) is 5.75 Å². The Bertz CT molecular complexity index is 583. The molecule has 0 aliphatic rings. The quantitative estimate of drug-likeness (QED) is 0.492. The molecule has 0 radical (unpaired) electrons. The number of rotatable bonds is 6. The first-order valence-corrected chi connectivity index (χ1v) is 8.08. The number of amides is 2. The molecule has 0 heterocycles. The highest BCUT2D eigenvalue weighted by Gasteiger charge is 2.14. The highest BCUT2D eigenvalue weighted by atomic mass is 79.9. The average Bonchev–Trinajstić information content (AvgIpc) is 2.52. The highest BCUT2D eigenvalue weighted by Crippen LogP contribution is 2.23. The van der Waals surface area contributed by atoms with Gasteiger partial charge in [0.05, 0.1) is 12.2 Å². The zero-order chi connectivity index (χ0) is 17.2. The Labute approximate surface area is 148 Å². The van der Waals surface area contributed by atoms with Crippen LogP contribution in [0.2, 0.25) is 0 Å². The minimum atomic E-state index is -0.452. The van der Waals surface area contributed by atoms with E-state index in [0.717, 1.165) is 4.47 Å². The van der Waals surface area contributed by atoms with Crippen molar-refractivity contribution < 1.29 is 19.1 Å². The Balaban J connectivity index is 2.60. The van der Waals surface area contributed by atoms with Gasteiger partial charge in [-0.3, -0.25) is 25.8 Å². The van der Waals surface area contributed by atoms with E-state index in [1.54, 1.807) is 25.1 Å². The zero-order valence-corrected chi connectivity index (χ0v) is 15.2. The molecular weight excluding hydrogens is 386 g/mol. The molecule has 126 valence electrons. The molecule has 3 N–H and O–H groups in total. The Morgan fingerprint density at radius 3 is 2.61 bits per heavy atom. The summed E-state index contributed by atoms with van der Waals surface area (Å²) < 4.78 is 11.1. The van der Waals surface area contributed by atoms with E-state index in [0.29, 0.717) is 24.5 Å². The maximum atomic E-state index is 12.2. The van der Waals surface area contributed by atoms with Gasteiger partial charge in [0.2, 0.25) is 0 Å². The predicted molar refractivity (Wildman–Crippen MR) is 93.1 cm³/mol. The van der Waals surface area contributed by atoms with Crippen LogP contribution < -0.4 is 20.9 Å². The van der Waals surface area contributed by atoms with E-state index in [4.69, 9.17) is 21.7 Å². The molecule has 9 heteroatoms. The number of hydrogen-bond donors (Lipinski definition) is 3. The van der Waals surface area contributed by atoms with Crippen molar-refractivity contribution in [2.45, 2.75) is 13.8 Å². The standard InChI is InChI=1S/C14H18BrN3O4S/c1-3-21-8-12(19)17-18-14(23)16-13(20)10-7-9(15)5-6-11(10)22-4-2/h5-7H,3-4,8H2,1-2H3,(H,17,19)(H2,16,18,20,23). The SMILES string of the molecule is CCOCC(=O)NNC(=S)NC(=O)c1cc(Br)ccc1OCC. The van der Waals surface area contributed by atoms with Gasteiger partial charge in [0, 0.05) is 11.1 Å². The molecule has 0 aromatic heterocycles. The summed E-state index contributed by atoms with van der Waals surface area (Å²) in [6.07, 6.45) is 0. The third-order valence-electron chi connectivity index (χ3n) is 2.47. The average molecular weight is 404 g/mol. The van der Waals surface area contributed by atoms with Gasteiger partial charge in [-0.25, -0.2) is 0 Å². The first-order valence-electron chi connectivity index (χ1n) is 6.88. The summed E-state index contributed by atoms with van der Waals surface area (Å²) in [6.45, 7) is 4.36. The summed E-state index contributed by atoms with van der Waals surface area (Å²) in [4.78, 5) is 23.6. The van der Waals surface area contributed by atoms with E-state index < -0.39 is 11.8 Å². The molecule has 0 saturated carbocycles. The third-order valence-corrected chi connectivity index (χ3v) is 3.16. The van der Waals surface area contributed by atoms with Gasteiger partial charge in [-0.15, -0.1) is 0 Å². The van der Waals surface area contributed by atoms with Crippen LogP contribution in [0.3, 0.4) is 0 Å². The second-order valence-electron chi connectivity index (χ2n) is 4.17. The summed E-state index contributed by atoms with van der Waals surface area (Å²) in [5, 5.41) is 2.42. The van der Waals surface area contributed by atoms with E-state index in [2.05, 4.69) is 32.1 Å². The van der Waals surface area contributed by atoms with Crippen molar-refractivity contribution in [3.8, 4) is 5.75 Å². The lowest BCUT2D eigenvalue weighted by Crippen LogP contribution is -2.49. The molecule has 0 fully saturated rings. The van der Waals surface area contributed by atoms with Gasteiger partial charge in [-0.05, 0) is 44.3 Å². The molecule has 0 saturated heterocycles. The monoisotopic (exact) mass is 403 g/mol. The molecule has 7 nitrogen and oxygen atoms in total. The molecule has 0 atom stereocenters. The molecule has 0 bridgehead atoms. The number of thiocarbonyl (C=S) groups is 1. The van der Waals surface area contributed by atoms with Crippen molar-refractivity contribution in [2.24, 2.45) is 0 Å². The maximum Gasteiger partial charge on any atom is 0.264 e. The molecular formula is C14H18BrN3O4S. The maximum absolute atomic E-state index is 12.2. The predicted octanol–water partition coefficient (Wildman–Crippen LogP) is 1.52. The molecule has 23 heavy (non-hydrogen) atoms. The normalized spacial score (nSPS) is 9.87. The van der Waals surface area contributed by atoms with E-state index >= 15 is 0 Å². The lowest BCUT2D eigenvalue weighted by Gasteiger charge is -2.13. The van der Waals surface area contributed by atoms with Gasteiger partial charge in [-0.1, -0.05) is 15.9 Å². The fourth-order valence-corrected chi connectivity index (χ4v) is 2.02. The van der Waals surface area contributed by atoms with Crippen LogP contribution in [0.25, 0.3) is 0 Å². The Morgan fingerprint density at radius 1 is 1.22 bits per heavy atom. The Morgan fingerprint density at radius 2 is 1.96 bits per heavy atom. The van der Waals surface area contributed by atoms with Crippen LogP contribution in [0.15, 0.2) is 22.7 Å². The summed E-state index contributed by atoms with van der Waals surface area (Å²) >= 11 is 8.25. The van der Waals surface area contributed by atoms with Crippen LogP contribution >= 0.6 is 28.1 Å². The number of ether oxygens (including phenoxy) is 2. The molecule has 2 amide bonds. The van der Waals surface area contributed by atoms with E-state index in [1.165, 1.54) is 0 Å². The van der Waals surface area contributed by atoms with E-state index in [1.807, 2.05) is 6.92 Å². The molecule has 1 aromatic rings. The lowest BCUT2D eigenvalue weighted by molar-refractivity contribution is -0.126. The fraction of sp³-hybridized carbons (Fsp3) is 0.357. The van der Waals surface area contributed by atoms with E-state index in [-0.39, 0.29) is 11.7 Å². The van der Waals surface area contributed by atoms with Gasteiger partial charge >= 0.3 is 0 Å². The van der Waals surface area contributed by atoms with Gasteiger partial charge in [0.25, 0.3) is 11.8 Å². The van der Waals surface area contributed by atoms with E-state index in [9.17, 15) is 9.59 Å². The van der Waals surface area contributed by atoms with Gasteiger partial charge in [-0.2, -0.15) is 0 Å². The summed E-state index contributed by atoms with van der Waals surface area (Å²) in [6, 6.07) is 5.08. The number of hydrazine groups is 1. The molecule has 0 unspecified atom stereocenters. The van der Waals surface area contributed by atoms with Gasteiger partial charge < -0.3 is 9.47 Å². The molecule has 1 aromatic carbocycles. The highest BCUT2D eigenvalue weighted by molar-refractivity contribution is 9.10. The second kappa shape index (κ2) is 10.1. The minimum Gasteiger partial charge on any atom is -0.493 e. The number of nitrogens with one attached hydrogen (secondary N) is 3. The number of carbonyl (C=O) groups excluding carboxylic acids is 2. The van der Waals surface area contributed by atoms with Crippen molar-refractivity contribution >= 4 is 45.1 Å². The first kappa shape index (κ1) is 19.3. The topological polar surface area (TPSA) is 88.7 Å². The van der Waals surface area contributed by atoms with Crippen molar-refractivity contribution in [3.63, 3.8) is 0 Å². The number of carbonyl (C=O) groups is 2. The minimum absolute atomic E-state index is 0.0396. The second-order valence-corrected chi connectivity index (χ2v) is 5.49. The fourth-order valence-electron chi connectivity index (χ4n) is 1.52. The van der Waals surface area contributed by atoms with Crippen LogP contribution in [0, 0.1) is 0 Å². The molecule has 0 aliphatic carbocycles. The van der Waals surface area contributed by atoms with Crippen molar-refractivity contribution in [2.75, 3.05) is 19.8 Å². The lowest BCUT2D eigenvalue weighted by atomic mass is 10.2. The molecule has 1 rings (SSSR count). The van der Waals surface area contributed by atoms with Gasteiger partial charge in [0.15, 0.2) is 5.11 Å². The summed E-state index contributed by atoms with van der Waals surface area (Å²) in [7, 11) is 0. The van der Waals surface area contributed by atoms with Crippen LogP contribution in [-0.4, -0.2) is 36.7 Å².